The van der Waals surface area contributed by atoms with Gasteiger partial charge in [0.25, 0.3) is 5.91 Å². The molecule has 0 N–H and O–H groups in total. The van der Waals surface area contributed by atoms with E-state index in [-0.39, 0.29) is 5.91 Å². The Hall–Kier alpha value is -2.57. The van der Waals surface area contributed by atoms with E-state index in [9.17, 15) is 4.79 Å². The minimum Gasteiger partial charge on any atom is -0.494 e. The quantitative estimate of drug-likeness (QED) is 0.704. The summed E-state index contributed by atoms with van der Waals surface area (Å²) in [5.41, 5.74) is 2.32. The highest BCUT2D eigenvalue weighted by Crippen LogP contribution is 2.31. The van der Waals surface area contributed by atoms with Crippen LogP contribution in [0.1, 0.15) is 18.1 Å². The molecule has 2 aliphatic heterocycles. The fourth-order valence-electron chi connectivity index (χ4n) is 3.45. The number of aliphatic imine (C=N–C) groups is 1. The number of carbonyl (C=O) groups excluding carboxylic acids is 1. The van der Waals surface area contributed by atoms with Crippen LogP contribution >= 0.6 is 11.8 Å². The number of benzene rings is 2. The first-order valence-corrected chi connectivity index (χ1v) is 10.8. The summed E-state index contributed by atoms with van der Waals surface area (Å²) >= 11 is 1.48. The Bertz CT molecular complexity index is 901. The summed E-state index contributed by atoms with van der Waals surface area (Å²) in [5.74, 6) is 0.691. The first-order valence-electron chi connectivity index (χ1n) is 9.98. The van der Waals surface area contributed by atoms with Crippen LogP contribution in [0.5, 0.6) is 5.75 Å². The molecule has 0 saturated carbocycles. The molecule has 1 saturated heterocycles. The summed E-state index contributed by atoms with van der Waals surface area (Å²) in [6.07, 6.45) is 1.91. The predicted molar refractivity (Wildman–Crippen MR) is 119 cm³/mol. The van der Waals surface area contributed by atoms with Crippen molar-refractivity contribution in [2.75, 3.05) is 32.8 Å². The molecule has 2 aromatic rings. The molecule has 29 heavy (non-hydrogen) atoms. The number of nitrogens with zero attached hydrogens (tertiary/aromatic N) is 3. The number of hydrogen-bond acceptors (Lipinski definition) is 5. The molecular formula is C23H25N3O2S. The third-order valence-electron chi connectivity index (χ3n) is 4.99. The van der Waals surface area contributed by atoms with Crippen LogP contribution in [-0.4, -0.2) is 53.7 Å². The molecule has 4 rings (SSSR count). The van der Waals surface area contributed by atoms with Gasteiger partial charge in [-0.3, -0.25) is 9.69 Å². The molecule has 0 bridgehead atoms. The largest absolute Gasteiger partial charge is 0.494 e. The molecule has 2 heterocycles. The Morgan fingerprint density at radius 3 is 2.45 bits per heavy atom. The fraction of sp³-hybridized carbons (Fsp3) is 0.304. The molecule has 0 radical (unpaired) electrons. The zero-order chi connectivity index (χ0) is 20.1. The Morgan fingerprint density at radius 1 is 1.03 bits per heavy atom. The molecule has 0 aliphatic carbocycles. The number of piperazine rings is 1. The van der Waals surface area contributed by atoms with Crippen LogP contribution < -0.4 is 4.74 Å². The lowest BCUT2D eigenvalue weighted by Gasteiger charge is -2.35. The molecule has 0 atom stereocenters. The summed E-state index contributed by atoms with van der Waals surface area (Å²) in [6, 6.07) is 18.3. The third-order valence-corrected chi connectivity index (χ3v) is 6.03. The smallest absolute Gasteiger partial charge is 0.286 e. The highest BCUT2D eigenvalue weighted by Gasteiger charge is 2.28. The monoisotopic (exact) mass is 407 g/mol. The Kier molecular flexibility index (Phi) is 6.32. The van der Waals surface area contributed by atoms with Crippen molar-refractivity contribution in [1.29, 1.82) is 0 Å². The summed E-state index contributed by atoms with van der Waals surface area (Å²) in [4.78, 5) is 22.0. The van der Waals surface area contributed by atoms with Crippen LogP contribution in [0.4, 0.5) is 0 Å². The van der Waals surface area contributed by atoms with Gasteiger partial charge in [0.05, 0.1) is 11.5 Å². The Labute approximate surface area is 176 Å². The van der Waals surface area contributed by atoms with Gasteiger partial charge >= 0.3 is 0 Å². The maximum atomic E-state index is 12.4. The Balaban J connectivity index is 1.33. The van der Waals surface area contributed by atoms with Crippen LogP contribution in [-0.2, 0) is 11.3 Å². The highest BCUT2D eigenvalue weighted by molar-refractivity contribution is 8.18. The van der Waals surface area contributed by atoms with E-state index in [0.717, 1.165) is 49.2 Å². The highest BCUT2D eigenvalue weighted by atomic mass is 32.2. The molecule has 150 valence electrons. The summed E-state index contributed by atoms with van der Waals surface area (Å²) in [7, 11) is 0. The van der Waals surface area contributed by atoms with Crippen molar-refractivity contribution < 1.29 is 9.53 Å². The minimum absolute atomic E-state index is 0.148. The van der Waals surface area contributed by atoms with Crippen molar-refractivity contribution in [3.05, 3.63) is 70.6 Å². The van der Waals surface area contributed by atoms with Gasteiger partial charge in [0.2, 0.25) is 0 Å². The molecule has 5 nitrogen and oxygen atoms in total. The lowest BCUT2D eigenvalue weighted by atomic mass is 10.2. The second-order valence-corrected chi connectivity index (χ2v) is 8.07. The zero-order valence-corrected chi connectivity index (χ0v) is 17.4. The zero-order valence-electron chi connectivity index (χ0n) is 16.6. The lowest BCUT2D eigenvalue weighted by Crippen LogP contribution is -2.47. The van der Waals surface area contributed by atoms with E-state index in [2.05, 4.69) is 39.1 Å². The van der Waals surface area contributed by atoms with E-state index in [1.165, 1.54) is 17.3 Å². The number of amidine groups is 1. The van der Waals surface area contributed by atoms with Gasteiger partial charge in [0.15, 0.2) is 5.17 Å². The van der Waals surface area contributed by atoms with E-state index in [1.807, 2.05) is 43.3 Å². The molecule has 1 amide bonds. The number of ether oxygens (including phenoxy) is 1. The molecule has 2 aromatic carbocycles. The van der Waals surface area contributed by atoms with Gasteiger partial charge in [0, 0.05) is 32.7 Å². The maximum Gasteiger partial charge on any atom is 0.286 e. The average Bonchev–Trinajstić information content (AvgIpc) is 3.11. The third kappa shape index (κ3) is 5.08. The summed E-state index contributed by atoms with van der Waals surface area (Å²) < 4.78 is 5.47. The first kappa shape index (κ1) is 19.7. The fourth-order valence-corrected chi connectivity index (χ4v) is 4.42. The second kappa shape index (κ2) is 9.29. The van der Waals surface area contributed by atoms with Gasteiger partial charge in [-0.2, -0.15) is 4.99 Å². The SMILES string of the molecule is CCOc1ccc(/C=C2\SC(N3CCN(Cc4ccccc4)CC3)=NC2=O)cc1. The van der Waals surface area contributed by atoms with Gasteiger partial charge in [-0.05, 0) is 48.0 Å². The summed E-state index contributed by atoms with van der Waals surface area (Å²) in [5, 5.41) is 0.826. The van der Waals surface area contributed by atoms with Crippen LogP contribution in [0.3, 0.4) is 0 Å². The molecule has 0 spiro atoms. The van der Waals surface area contributed by atoms with Crippen molar-refractivity contribution >= 4 is 28.9 Å². The van der Waals surface area contributed by atoms with Crippen molar-refractivity contribution in [3.8, 4) is 5.75 Å². The molecule has 1 fully saturated rings. The molecule has 0 aromatic heterocycles. The van der Waals surface area contributed by atoms with E-state index < -0.39 is 0 Å². The van der Waals surface area contributed by atoms with Crippen molar-refractivity contribution in [2.24, 2.45) is 4.99 Å². The number of rotatable bonds is 5. The number of thioether (sulfide) groups is 1. The molecule has 2 aliphatic rings. The van der Waals surface area contributed by atoms with Crippen LogP contribution in [0, 0.1) is 0 Å². The van der Waals surface area contributed by atoms with Crippen LogP contribution in [0.15, 0.2) is 64.5 Å². The predicted octanol–water partition coefficient (Wildman–Crippen LogP) is 3.87. The lowest BCUT2D eigenvalue weighted by molar-refractivity contribution is -0.113. The van der Waals surface area contributed by atoms with Gasteiger partial charge in [-0.15, -0.1) is 0 Å². The van der Waals surface area contributed by atoms with Gasteiger partial charge in [0.1, 0.15) is 5.75 Å². The van der Waals surface area contributed by atoms with Gasteiger partial charge in [-0.25, -0.2) is 0 Å². The molecule has 0 unspecified atom stereocenters. The first-order chi connectivity index (χ1) is 14.2. The van der Waals surface area contributed by atoms with E-state index >= 15 is 0 Å². The number of carbonyl (C=O) groups is 1. The van der Waals surface area contributed by atoms with Gasteiger partial charge < -0.3 is 9.64 Å². The normalized spacial score (nSPS) is 18.9. The second-order valence-electron chi connectivity index (χ2n) is 7.06. The van der Waals surface area contributed by atoms with Crippen molar-refractivity contribution in [2.45, 2.75) is 13.5 Å². The minimum atomic E-state index is -0.148. The molecular weight excluding hydrogens is 382 g/mol. The van der Waals surface area contributed by atoms with E-state index in [1.54, 1.807) is 0 Å². The van der Waals surface area contributed by atoms with Gasteiger partial charge in [-0.1, -0.05) is 42.5 Å². The Morgan fingerprint density at radius 2 is 1.76 bits per heavy atom. The standard InChI is InChI=1S/C23H25N3O2S/c1-2-28-20-10-8-18(9-11-20)16-21-22(27)24-23(29-21)26-14-12-25(13-15-26)17-19-6-4-3-5-7-19/h3-11,16H,2,12-15,17H2,1H3/b21-16-. The number of amides is 1. The summed E-state index contributed by atoms with van der Waals surface area (Å²) in [6.45, 7) is 7.30. The number of hydrogen-bond donors (Lipinski definition) is 0. The van der Waals surface area contributed by atoms with E-state index in [0.29, 0.717) is 11.5 Å². The van der Waals surface area contributed by atoms with Crippen molar-refractivity contribution in [1.82, 2.24) is 9.80 Å². The van der Waals surface area contributed by atoms with E-state index in [4.69, 9.17) is 4.74 Å². The van der Waals surface area contributed by atoms with Crippen molar-refractivity contribution in [3.63, 3.8) is 0 Å². The topological polar surface area (TPSA) is 45.1 Å². The van der Waals surface area contributed by atoms with Crippen LogP contribution in [0.25, 0.3) is 6.08 Å². The average molecular weight is 408 g/mol. The maximum absolute atomic E-state index is 12.4. The molecule has 6 heteroatoms. The van der Waals surface area contributed by atoms with Crippen LogP contribution in [0.2, 0.25) is 0 Å².